The summed E-state index contributed by atoms with van der Waals surface area (Å²) < 4.78 is 0. The van der Waals surface area contributed by atoms with E-state index in [1.54, 1.807) is 0 Å². The second kappa shape index (κ2) is 8.30. The molecule has 4 nitrogen and oxygen atoms in total. The first-order valence-corrected chi connectivity index (χ1v) is 8.44. The number of carbonyl (C=O) groups excluding carboxylic acids is 1. The number of hydrogen-bond acceptors (Lipinski definition) is 3. The number of amides is 1. The van der Waals surface area contributed by atoms with E-state index in [1.165, 1.54) is 0 Å². The van der Waals surface area contributed by atoms with Gasteiger partial charge in [-0.15, -0.1) is 0 Å². The molecule has 0 bridgehead atoms. The summed E-state index contributed by atoms with van der Waals surface area (Å²) in [5, 5.41) is 0. The maximum atomic E-state index is 12.5. The van der Waals surface area contributed by atoms with Crippen molar-refractivity contribution < 1.29 is 4.79 Å². The number of hydrogen-bond donors (Lipinski definition) is 1. The Kier molecular flexibility index (Phi) is 6.40. The van der Waals surface area contributed by atoms with Gasteiger partial charge in [0.05, 0.1) is 6.04 Å². The Morgan fingerprint density at radius 2 is 2.00 bits per heavy atom. The van der Waals surface area contributed by atoms with E-state index in [1.807, 2.05) is 35.2 Å². The monoisotopic (exact) mass is 303 g/mol. The third kappa shape index (κ3) is 4.55. The van der Waals surface area contributed by atoms with Gasteiger partial charge in [0.2, 0.25) is 5.91 Å². The van der Waals surface area contributed by atoms with Crippen molar-refractivity contribution in [2.24, 2.45) is 11.7 Å². The third-order valence-corrected chi connectivity index (χ3v) is 4.62. The molecule has 2 unspecified atom stereocenters. The minimum atomic E-state index is -0.422. The van der Waals surface area contributed by atoms with Crippen LogP contribution < -0.4 is 5.73 Å². The lowest BCUT2D eigenvalue weighted by Crippen LogP contribution is -2.44. The zero-order chi connectivity index (χ0) is 15.9. The van der Waals surface area contributed by atoms with Gasteiger partial charge in [0.25, 0.3) is 0 Å². The van der Waals surface area contributed by atoms with E-state index in [9.17, 15) is 4.79 Å². The molecule has 0 aromatic heterocycles. The predicted molar refractivity (Wildman–Crippen MR) is 90.6 cm³/mol. The van der Waals surface area contributed by atoms with E-state index in [2.05, 4.69) is 18.7 Å². The topological polar surface area (TPSA) is 49.6 Å². The molecule has 1 fully saturated rings. The van der Waals surface area contributed by atoms with Crippen molar-refractivity contribution in [2.45, 2.75) is 32.7 Å². The summed E-state index contributed by atoms with van der Waals surface area (Å²) in [5.74, 6) is 0.693. The highest BCUT2D eigenvalue weighted by atomic mass is 16.2. The molecule has 0 saturated carbocycles. The van der Waals surface area contributed by atoms with Gasteiger partial charge in [-0.3, -0.25) is 4.79 Å². The average molecular weight is 303 g/mol. The van der Waals surface area contributed by atoms with Gasteiger partial charge in [-0.25, -0.2) is 0 Å². The molecule has 0 radical (unpaired) electrons. The van der Waals surface area contributed by atoms with Gasteiger partial charge in [-0.1, -0.05) is 44.2 Å². The smallest absolute Gasteiger partial charge is 0.239 e. The minimum absolute atomic E-state index is 0.103. The predicted octanol–water partition coefficient (Wildman–Crippen LogP) is 1.75. The van der Waals surface area contributed by atoms with E-state index in [-0.39, 0.29) is 5.91 Å². The molecule has 1 saturated heterocycles. The van der Waals surface area contributed by atoms with Crippen molar-refractivity contribution in [1.82, 2.24) is 9.80 Å². The number of benzene rings is 1. The number of nitrogens with two attached hydrogens (primary N) is 1. The Labute approximate surface area is 134 Å². The van der Waals surface area contributed by atoms with Crippen LogP contribution in [0.25, 0.3) is 0 Å². The van der Waals surface area contributed by atoms with Crippen molar-refractivity contribution in [2.75, 3.05) is 32.7 Å². The first-order chi connectivity index (χ1) is 10.6. The summed E-state index contributed by atoms with van der Waals surface area (Å²) in [5.41, 5.74) is 7.25. The molecule has 1 heterocycles. The van der Waals surface area contributed by atoms with E-state index < -0.39 is 6.04 Å². The van der Waals surface area contributed by atoms with Crippen LogP contribution in [-0.4, -0.2) is 54.5 Å². The Morgan fingerprint density at radius 3 is 2.64 bits per heavy atom. The maximum absolute atomic E-state index is 12.5. The van der Waals surface area contributed by atoms with E-state index in [4.69, 9.17) is 5.73 Å². The normalized spacial score (nSPS) is 19.6. The first kappa shape index (κ1) is 17.0. The molecule has 0 aliphatic carbocycles. The summed E-state index contributed by atoms with van der Waals surface area (Å²) >= 11 is 0. The van der Waals surface area contributed by atoms with Crippen LogP contribution in [0.2, 0.25) is 0 Å². The number of carbonyl (C=O) groups is 1. The molecular formula is C18H29N3O. The molecule has 1 amide bonds. The highest BCUT2D eigenvalue weighted by Crippen LogP contribution is 2.18. The van der Waals surface area contributed by atoms with Crippen molar-refractivity contribution in [1.29, 1.82) is 0 Å². The molecule has 1 aromatic rings. The van der Waals surface area contributed by atoms with Crippen molar-refractivity contribution in [3.05, 3.63) is 35.9 Å². The van der Waals surface area contributed by atoms with Crippen molar-refractivity contribution >= 4 is 5.91 Å². The van der Waals surface area contributed by atoms with E-state index in [0.29, 0.717) is 12.3 Å². The fourth-order valence-corrected chi connectivity index (χ4v) is 3.22. The summed E-state index contributed by atoms with van der Waals surface area (Å²) in [4.78, 5) is 16.9. The zero-order valence-electron chi connectivity index (χ0n) is 13.9. The number of rotatable bonds is 7. The average Bonchev–Trinajstić information content (AvgIpc) is 3.01. The highest BCUT2D eigenvalue weighted by molar-refractivity contribution is 5.82. The molecule has 0 spiro atoms. The first-order valence-electron chi connectivity index (χ1n) is 8.44. The fourth-order valence-electron chi connectivity index (χ4n) is 3.22. The lowest BCUT2D eigenvalue weighted by molar-refractivity contribution is -0.131. The molecule has 2 N–H and O–H groups in total. The summed E-state index contributed by atoms with van der Waals surface area (Å²) in [6.45, 7) is 9.34. The van der Waals surface area contributed by atoms with Crippen LogP contribution in [0, 0.1) is 5.92 Å². The Balaban J connectivity index is 1.83. The van der Waals surface area contributed by atoms with Crippen LogP contribution >= 0.6 is 0 Å². The van der Waals surface area contributed by atoms with Crippen LogP contribution in [0.3, 0.4) is 0 Å². The SMILES string of the molecule is CCN(CC)CC1CCN(C(=O)C(N)Cc2ccccc2)C1. The second-order valence-electron chi connectivity index (χ2n) is 6.22. The quantitative estimate of drug-likeness (QED) is 0.835. The molecule has 2 rings (SSSR count). The van der Waals surface area contributed by atoms with Crippen LogP contribution in [0.15, 0.2) is 30.3 Å². The van der Waals surface area contributed by atoms with Crippen LogP contribution in [-0.2, 0) is 11.2 Å². The molecule has 2 atom stereocenters. The molecule has 122 valence electrons. The van der Waals surface area contributed by atoms with E-state index >= 15 is 0 Å². The largest absolute Gasteiger partial charge is 0.341 e. The third-order valence-electron chi connectivity index (χ3n) is 4.62. The second-order valence-corrected chi connectivity index (χ2v) is 6.22. The van der Waals surface area contributed by atoms with Gasteiger partial charge >= 0.3 is 0 Å². The summed E-state index contributed by atoms with van der Waals surface area (Å²) in [7, 11) is 0. The van der Waals surface area contributed by atoms with Gasteiger partial charge in [0.15, 0.2) is 0 Å². The zero-order valence-corrected chi connectivity index (χ0v) is 13.9. The Morgan fingerprint density at radius 1 is 1.32 bits per heavy atom. The molecule has 1 aliphatic heterocycles. The van der Waals surface area contributed by atoms with Gasteiger partial charge in [-0.2, -0.15) is 0 Å². The molecular weight excluding hydrogens is 274 g/mol. The number of nitrogens with zero attached hydrogens (tertiary/aromatic N) is 2. The summed E-state index contributed by atoms with van der Waals surface area (Å²) in [6.07, 6.45) is 1.72. The summed E-state index contributed by atoms with van der Waals surface area (Å²) in [6, 6.07) is 9.59. The maximum Gasteiger partial charge on any atom is 0.239 e. The molecule has 1 aliphatic rings. The fraction of sp³-hybridized carbons (Fsp3) is 0.611. The van der Waals surface area contributed by atoms with Crippen molar-refractivity contribution in [3.8, 4) is 0 Å². The highest BCUT2D eigenvalue weighted by Gasteiger charge is 2.29. The lowest BCUT2D eigenvalue weighted by atomic mass is 10.1. The van der Waals surface area contributed by atoms with Gasteiger partial charge in [0.1, 0.15) is 0 Å². The lowest BCUT2D eigenvalue weighted by Gasteiger charge is -2.24. The Hall–Kier alpha value is -1.39. The van der Waals surface area contributed by atoms with Gasteiger partial charge in [-0.05, 0) is 37.4 Å². The van der Waals surface area contributed by atoms with Crippen molar-refractivity contribution in [3.63, 3.8) is 0 Å². The van der Waals surface area contributed by atoms with Gasteiger partial charge in [0, 0.05) is 19.6 Å². The van der Waals surface area contributed by atoms with Gasteiger partial charge < -0.3 is 15.5 Å². The minimum Gasteiger partial charge on any atom is -0.341 e. The van der Waals surface area contributed by atoms with Crippen LogP contribution in [0.5, 0.6) is 0 Å². The molecule has 1 aromatic carbocycles. The molecule has 4 heteroatoms. The van der Waals surface area contributed by atoms with Crippen LogP contribution in [0.1, 0.15) is 25.8 Å². The Bertz CT molecular complexity index is 459. The van der Waals surface area contributed by atoms with Crippen LogP contribution in [0.4, 0.5) is 0 Å². The van der Waals surface area contributed by atoms with E-state index in [0.717, 1.165) is 44.7 Å². The standard InChI is InChI=1S/C18H29N3O/c1-3-20(4-2)13-16-10-11-21(14-16)18(22)17(19)12-15-8-6-5-7-9-15/h5-9,16-17H,3-4,10-14,19H2,1-2H3. The molecule has 22 heavy (non-hydrogen) atoms. The number of likely N-dealkylation sites (tertiary alicyclic amines) is 1.